The molecule has 5 rings (SSSR count). The van der Waals surface area contributed by atoms with E-state index in [2.05, 4.69) is 34.6 Å². The number of hydrogen-bond donors (Lipinski definition) is 2. The lowest BCUT2D eigenvalue weighted by Gasteiger charge is -2.32. The van der Waals surface area contributed by atoms with Crippen molar-refractivity contribution in [2.45, 2.75) is 51.4 Å². The van der Waals surface area contributed by atoms with Crippen molar-refractivity contribution in [2.24, 2.45) is 0 Å². The second kappa shape index (κ2) is 10.4. The largest absolute Gasteiger partial charge is 0.492 e. The van der Waals surface area contributed by atoms with Crippen LogP contribution in [-0.4, -0.2) is 47.7 Å². The summed E-state index contributed by atoms with van der Waals surface area (Å²) < 4.78 is 18.2. The molecular weight excluding hydrogens is 479 g/mol. The van der Waals surface area contributed by atoms with Crippen LogP contribution in [0.5, 0.6) is 0 Å². The summed E-state index contributed by atoms with van der Waals surface area (Å²) in [7, 11) is -0.673. The average Bonchev–Trinajstić information content (AvgIpc) is 3.34. The first-order valence-corrected chi connectivity index (χ1v) is 12.9. The van der Waals surface area contributed by atoms with Crippen molar-refractivity contribution in [1.82, 2.24) is 10.3 Å². The number of carbonyl (C=O) groups excluding carboxylic acids is 1. The van der Waals surface area contributed by atoms with E-state index in [0.717, 1.165) is 16.7 Å². The fourth-order valence-electron chi connectivity index (χ4n) is 4.88. The van der Waals surface area contributed by atoms with Crippen LogP contribution in [0.25, 0.3) is 17.2 Å². The molecule has 3 aromatic rings. The number of fused-ring (bicyclic) bond motifs is 3. The van der Waals surface area contributed by atoms with E-state index in [-0.39, 0.29) is 25.7 Å². The maximum Gasteiger partial charge on any atom is 0.492 e. The maximum atomic E-state index is 12.9. The molecule has 1 saturated heterocycles. The Balaban J connectivity index is 1.30. The minimum absolute atomic E-state index is 0.0170. The molecule has 8 heteroatoms. The normalized spacial score (nSPS) is 17.7. The van der Waals surface area contributed by atoms with Crippen molar-refractivity contribution in [3.63, 3.8) is 0 Å². The van der Waals surface area contributed by atoms with E-state index in [0.29, 0.717) is 11.2 Å². The Hall–Kier alpha value is -3.46. The van der Waals surface area contributed by atoms with Crippen LogP contribution in [0.3, 0.4) is 0 Å². The van der Waals surface area contributed by atoms with Crippen molar-refractivity contribution < 1.29 is 23.9 Å². The highest BCUT2D eigenvalue weighted by molar-refractivity contribution is 6.56. The van der Waals surface area contributed by atoms with E-state index >= 15 is 0 Å². The second-order valence-electron chi connectivity index (χ2n) is 10.7. The molecule has 2 aliphatic rings. The first kappa shape index (κ1) is 26.2. The molecule has 0 radical (unpaired) electrons. The van der Waals surface area contributed by atoms with Crippen molar-refractivity contribution in [2.75, 3.05) is 13.2 Å². The van der Waals surface area contributed by atoms with Gasteiger partial charge in [-0.05, 0) is 79.2 Å². The average molecular weight is 512 g/mol. The predicted octanol–water partition coefficient (Wildman–Crippen LogP) is 5.13. The lowest BCUT2D eigenvalue weighted by Crippen LogP contribution is -2.41. The molecule has 0 unspecified atom stereocenters. The number of pyridine rings is 1. The summed E-state index contributed by atoms with van der Waals surface area (Å²) in [5.41, 5.74) is 5.67. The first-order valence-electron chi connectivity index (χ1n) is 12.9. The number of aliphatic hydroxyl groups is 1. The van der Waals surface area contributed by atoms with Gasteiger partial charge in [0.05, 0.1) is 23.5 Å². The Morgan fingerprint density at radius 2 is 1.63 bits per heavy atom. The second-order valence-corrected chi connectivity index (χ2v) is 10.7. The van der Waals surface area contributed by atoms with Crippen molar-refractivity contribution in [3.05, 3.63) is 94.7 Å². The van der Waals surface area contributed by atoms with E-state index in [9.17, 15) is 9.90 Å². The third-order valence-corrected chi connectivity index (χ3v) is 7.70. The third-order valence-electron chi connectivity index (χ3n) is 7.70. The quantitative estimate of drug-likeness (QED) is 0.427. The number of benzene rings is 2. The predicted molar refractivity (Wildman–Crippen MR) is 147 cm³/mol. The van der Waals surface area contributed by atoms with Gasteiger partial charge >= 0.3 is 13.2 Å². The van der Waals surface area contributed by atoms with E-state index in [4.69, 9.17) is 14.0 Å². The Kier molecular flexibility index (Phi) is 7.14. The van der Waals surface area contributed by atoms with E-state index in [1.54, 1.807) is 18.3 Å². The number of ether oxygens (including phenoxy) is 1. The summed E-state index contributed by atoms with van der Waals surface area (Å²) in [6, 6.07) is 20.0. The van der Waals surface area contributed by atoms with Gasteiger partial charge < -0.3 is 24.5 Å². The topological polar surface area (TPSA) is 89.9 Å². The molecule has 1 aliphatic heterocycles. The van der Waals surface area contributed by atoms with Gasteiger partial charge in [-0.1, -0.05) is 48.5 Å². The van der Waals surface area contributed by atoms with Gasteiger partial charge in [0.2, 0.25) is 0 Å². The molecule has 0 bridgehead atoms. The highest BCUT2D eigenvalue weighted by atomic mass is 16.7. The molecule has 0 atom stereocenters. The van der Waals surface area contributed by atoms with Gasteiger partial charge in [0, 0.05) is 18.7 Å². The lowest BCUT2D eigenvalue weighted by molar-refractivity contribution is 0.00578. The number of rotatable bonds is 7. The van der Waals surface area contributed by atoms with Crippen molar-refractivity contribution in [3.8, 4) is 11.1 Å². The number of aliphatic hydroxyl groups excluding tert-OH is 1. The molecule has 0 saturated carbocycles. The van der Waals surface area contributed by atoms with Gasteiger partial charge in [-0.25, -0.2) is 4.79 Å². The number of hydrogen-bond acceptors (Lipinski definition) is 6. The van der Waals surface area contributed by atoms with Gasteiger partial charge in [-0.2, -0.15) is 0 Å². The third kappa shape index (κ3) is 5.12. The Labute approximate surface area is 224 Å². The summed E-state index contributed by atoms with van der Waals surface area (Å²) in [5.74, 6) is -0.0170. The fraction of sp³-hybridized carbons (Fsp3) is 0.333. The molecule has 2 heterocycles. The van der Waals surface area contributed by atoms with Gasteiger partial charge in [-0.3, -0.25) is 4.98 Å². The SMILES string of the molecule is CC1(C)OB(C(=Cc2cc(CO)ccn2)CNC(=O)OCC2c3ccccc3-c3ccccc32)OC1(C)C. The maximum absolute atomic E-state index is 12.9. The Bertz CT molecular complexity index is 1310. The standard InChI is InChI=1S/C30H33BN2O5/c1-29(2)30(3,4)38-31(37-29)21(16-22-15-20(18-34)13-14-32-22)17-33-28(35)36-19-27-25-11-7-5-9-23(25)24-10-6-8-12-26(24)27/h5-16,27,34H,17-19H2,1-4H3,(H,33,35). The molecule has 1 amide bonds. The minimum atomic E-state index is -0.673. The Morgan fingerprint density at radius 3 is 2.24 bits per heavy atom. The molecule has 7 nitrogen and oxygen atoms in total. The van der Waals surface area contributed by atoms with E-state index in [1.165, 1.54) is 11.1 Å². The first-order chi connectivity index (χ1) is 18.2. The molecule has 0 spiro atoms. The van der Waals surface area contributed by atoms with E-state index in [1.807, 2.05) is 58.0 Å². The number of amides is 1. The molecular formula is C30H33BN2O5. The fourth-order valence-corrected chi connectivity index (χ4v) is 4.88. The molecule has 1 aliphatic carbocycles. The van der Waals surface area contributed by atoms with Crippen LogP contribution < -0.4 is 5.32 Å². The summed E-state index contributed by atoms with van der Waals surface area (Å²) >= 11 is 0. The van der Waals surface area contributed by atoms with Crippen LogP contribution in [0.4, 0.5) is 4.79 Å². The molecule has 1 aromatic heterocycles. The minimum Gasteiger partial charge on any atom is -0.449 e. The monoisotopic (exact) mass is 512 g/mol. The van der Waals surface area contributed by atoms with Crippen LogP contribution >= 0.6 is 0 Å². The zero-order valence-corrected chi connectivity index (χ0v) is 22.2. The van der Waals surface area contributed by atoms with Crippen LogP contribution in [0.15, 0.2) is 72.3 Å². The highest BCUT2D eigenvalue weighted by Crippen LogP contribution is 2.44. The zero-order valence-electron chi connectivity index (χ0n) is 22.2. The van der Waals surface area contributed by atoms with Crippen LogP contribution in [0.1, 0.15) is 56.0 Å². The molecule has 1 fully saturated rings. The molecule has 2 N–H and O–H groups in total. The number of nitrogens with one attached hydrogen (secondary N) is 1. The summed E-state index contributed by atoms with van der Waals surface area (Å²) in [6.45, 7) is 8.21. The van der Waals surface area contributed by atoms with Crippen LogP contribution in [-0.2, 0) is 20.7 Å². The van der Waals surface area contributed by atoms with Gasteiger partial charge in [0.15, 0.2) is 0 Å². The van der Waals surface area contributed by atoms with Gasteiger partial charge in [0.1, 0.15) is 6.61 Å². The summed E-state index contributed by atoms with van der Waals surface area (Å²) in [4.78, 5) is 17.2. The van der Waals surface area contributed by atoms with Gasteiger partial charge in [-0.15, -0.1) is 0 Å². The Morgan fingerprint density at radius 1 is 1.03 bits per heavy atom. The van der Waals surface area contributed by atoms with E-state index < -0.39 is 24.4 Å². The number of aromatic nitrogens is 1. The number of alkyl carbamates (subject to hydrolysis) is 1. The molecule has 196 valence electrons. The number of carbonyl (C=O) groups is 1. The van der Waals surface area contributed by atoms with Crippen LogP contribution in [0.2, 0.25) is 0 Å². The summed E-state index contributed by atoms with van der Waals surface area (Å²) in [5, 5.41) is 12.4. The van der Waals surface area contributed by atoms with Crippen LogP contribution in [0, 0.1) is 0 Å². The molecule has 2 aromatic carbocycles. The van der Waals surface area contributed by atoms with Crippen molar-refractivity contribution >= 4 is 19.3 Å². The zero-order chi connectivity index (χ0) is 26.9. The lowest BCUT2D eigenvalue weighted by atomic mass is 9.77. The van der Waals surface area contributed by atoms with Crippen molar-refractivity contribution in [1.29, 1.82) is 0 Å². The molecule has 38 heavy (non-hydrogen) atoms. The number of nitrogens with zero attached hydrogens (tertiary/aromatic N) is 1. The summed E-state index contributed by atoms with van der Waals surface area (Å²) in [6.07, 6.45) is 2.94. The van der Waals surface area contributed by atoms with Gasteiger partial charge in [0.25, 0.3) is 0 Å². The highest BCUT2D eigenvalue weighted by Gasteiger charge is 2.52. The smallest absolute Gasteiger partial charge is 0.449 e.